The van der Waals surface area contributed by atoms with Gasteiger partial charge in [-0.3, -0.25) is 14.4 Å². The minimum atomic E-state index is -0.935. The molecular formula is C24H22N2O6. The Morgan fingerprint density at radius 2 is 1.72 bits per heavy atom. The van der Waals surface area contributed by atoms with Crippen LogP contribution in [-0.4, -0.2) is 30.4 Å². The fourth-order valence-electron chi connectivity index (χ4n) is 3.72. The van der Waals surface area contributed by atoms with Crippen LogP contribution in [0.3, 0.4) is 0 Å². The van der Waals surface area contributed by atoms with Crippen LogP contribution >= 0.6 is 0 Å². The highest BCUT2D eigenvalue weighted by Gasteiger charge is 2.21. The molecule has 1 aliphatic carbocycles. The number of carbonyl (C=O) groups is 3. The summed E-state index contributed by atoms with van der Waals surface area (Å²) in [7, 11) is 0. The molecule has 0 bridgehead atoms. The summed E-state index contributed by atoms with van der Waals surface area (Å²) in [6.07, 6.45) is 4.07. The number of benzene rings is 2. The van der Waals surface area contributed by atoms with Crippen molar-refractivity contribution in [2.45, 2.75) is 31.7 Å². The third-order valence-corrected chi connectivity index (χ3v) is 5.31. The van der Waals surface area contributed by atoms with Gasteiger partial charge in [0, 0.05) is 12.1 Å². The van der Waals surface area contributed by atoms with Crippen molar-refractivity contribution < 1.29 is 23.5 Å². The molecule has 0 saturated heterocycles. The summed E-state index contributed by atoms with van der Waals surface area (Å²) < 4.78 is 10.4. The molecule has 0 unspecified atom stereocenters. The minimum absolute atomic E-state index is 0.142. The van der Waals surface area contributed by atoms with Gasteiger partial charge in [0.15, 0.2) is 12.0 Å². The predicted octanol–water partition coefficient (Wildman–Crippen LogP) is 3.26. The molecular weight excluding hydrogens is 412 g/mol. The molecule has 1 aromatic heterocycles. The number of hydrogen-bond donors (Lipinski definition) is 2. The van der Waals surface area contributed by atoms with Crippen LogP contribution in [0.5, 0.6) is 0 Å². The smallest absolute Gasteiger partial charge is 0.374 e. The third-order valence-electron chi connectivity index (χ3n) is 5.31. The molecule has 1 fully saturated rings. The molecule has 164 valence electrons. The van der Waals surface area contributed by atoms with Crippen LogP contribution in [0.15, 0.2) is 63.8 Å². The molecule has 2 N–H and O–H groups in total. The van der Waals surface area contributed by atoms with E-state index < -0.39 is 18.5 Å². The summed E-state index contributed by atoms with van der Waals surface area (Å²) in [5.41, 5.74) is 0.518. The topological polar surface area (TPSA) is 115 Å². The van der Waals surface area contributed by atoms with E-state index in [0.29, 0.717) is 16.6 Å². The largest absolute Gasteiger partial charge is 0.450 e. The van der Waals surface area contributed by atoms with Gasteiger partial charge in [-0.1, -0.05) is 37.1 Å². The van der Waals surface area contributed by atoms with Crippen LogP contribution in [-0.2, 0) is 9.53 Å². The highest BCUT2D eigenvalue weighted by atomic mass is 16.5. The number of fused-ring (bicyclic) bond motifs is 1. The lowest BCUT2D eigenvalue weighted by Gasteiger charge is -2.15. The molecule has 0 atom stereocenters. The molecule has 1 heterocycles. The van der Waals surface area contributed by atoms with Crippen molar-refractivity contribution in [1.82, 2.24) is 5.32 Å². The Bertz CT molecular complexity index is 1230. The predicted molar refractivity (Wildman–Crippen MR) is 118 cm³/mol. The van der Waals surface area contributed by atoms with Gasteiger partial charge in [-0.05, 0) is 37.1 Å². The molecule has 0 spiro atoms. The first kappa shape index (κ1) is 21.3. The Balaban J connectivity index is 1.39. The fourth-order valence-corrected chi connectivity index (χ4v) is 3.72. The maximum Gasteiger partial charge on any atom is 0.374 e. The number of nitrogens with one attached hydrogen (secondary N) is 2. The van der Waals surface area contributed by atoms with Crippen molar-refractivity contribution >= 4 is 34.4 Å². The van der Waals surface area contributed by atoms with Crippen LogP contribution in [0.1, 0.15) is 46.6 Å². The fraction of sp³-hybridized carbons (Fsp3) is 0.250. The second-order valence-electron chi connectivity index (χ2n) is 7.60. The standard InChI is InChI=1S/C24H22N2O6/c27-19-13-21(32-20-12-6-4-10-17(19)20)24(30)31-14-22(28)26-18-11-5-3-9-16(18)23(29)25-15-7-1-2-8-15/h3-6,9-13,15H,1-2,7-8,14H2,(H,25,29)(H,26,28). The van der Waals surface area contributed by atoms with Gasteiger partial charge in [0.05, 0.1) is 16.6 Å². The number of ether oxygens (including phenoxy) is 1. The second-order valence-corrected chi connectivity index (χ2v) is 7.60. The molecule has 1 aliphatic rings. The molecule has 8 nitrogen and oxygen atoms in total. The Hall–Kier alpha value is -3.94. The molecule has 32 heavy (non-hydrogen) atoms. The van der Waals surface area contributed by atoms with Gasteiger partial charge in [-0.2, -0.15) is 0 Å². The van der Waals surface area contributed by atoms with Gasteiger partial charge in [0.1, 0.15) is 5.58 Å². The summed E-state index contributed by atoms with van der Waals surface area (Å²) >= 11 is 0. The molecule has 8 heteroatoms. The molecule has 1 saturated carbocycles. The van der Waals surface area contributed by atoms with E-state index >= 15 is 0 Å². The van der Waals surface area contributed by atoms with Crippen molar-refractivity contribution in [2.75, 3.05) is 11.9 Å². The Morgan fingerprint density at radius 3 is 2.53 bits per heavy atom. The quantitative estimate of drug-likeness (QED) is 0.576. The highest BCUT2D eigenvalue weighted by Crippen LogP contribution is 2.20. The Morgan fingerprint density at radius 1 is 1.00 bits per heavy atom. The zero-order valence-corrected chi connectivity index (χ0v) is 17.3. The van der Waals surface area contributed by atoms with Crippen molar-refractivity contribution in [1.29, 1.82) is 0 Å². The van der Waals surface area contributed by atoms with E-state index in [1.54, 1.807) is 48.5 Å². The number of hydrogen-bond acceptors (Lipinski definition) is 6. The van der Waals surface area contributed by atoms with Crippen LogP contribution in [0.25, 0.3) is 11.0 Å². The maximum absolute atomic E-state index is 12.6. The van der Waals surface area contributed by atoms with E-state index in [1.165, 1.54) is 0 Å². The molecule has 4 rings (SSSR count). The van der Waals surface area contributed by atoms with E-state index in [-0.39, 0.29) is 28.7 Å². The summed E-state index contributed by atoms with van der Waals surface area (Å²) in [6, 6.07) is 14.3. The van der Waals surface area contributed by atoms with Gasteiger partial charge >= 0.3 is 5.97 Å². The number of carbonyl (C=O) groups excluding carboxylic acids is 3. The average molecular weight is 434 g/mol. The van der Waals surface area contributed by atoms with Gasteiger partial charge in [0.25, 0.3) is 11.8 Å². The number of esters is 1. The van der Waals surface area contributed by atoms with Gasteiger partial charge in [-0.25, -0.2) is 4.79 Å². The van der Waals surface area contributed by atoms with Crippen LogP contribution in [0.2, 0.25) is 0 Å². The molecule has 2 amide bonds. The SMILES string of the molecule is O=C(COC(=O)c1cc(=O)c2ccccc2o1)Nc1ccccc1C(=O)NC1CCCC1. The van der Waals surface area contributed by atoms with E-state index in [9.17, 15) is 19.2 Å². The average Bonchev–Trinajstić information content (AvgIpc) is 3.31. The second kappa shape index (κ2) is 9.47. The van der Waals surface area contributed by atoms with Crippen molar-refractivity contribution in [2.24, 2.45) is 0 Å². The van der Waals surface area contributed by atoms with E-state index in [0.717, 1.165) is 31.7 Å². The van der Waals surface area contributed by atoms with Crippen LogP contribution in [0.4, 0.5) is 5.69 Å². The van der Waals surface area contributed by atoms with Crippen LogP contribution in [0, 0.1) is 0 Å². The highest BCUT2D eigenvalue weighted by molar-refractivity contribution is 6.04. The lowest BCUT2D eigenvalue weighted by atomic mass is 10.1. The van der Waals surface area contributed by atoms with E-state index in [2.05, 4.69) is 10.6 Å². The normalized spacial score (nSPS) is 13.6. The van der Waals surface area contributed by atoms with E-state index in [4.69, 9.17) is 9.15 Å². The zero-order chi connectivity index (χ0) is 22.5. The summed E-state index contributed by atoms with van der Waals surface area (Å²) in [4.78, 5) is 49.3. The minimum Gasteiger partial charge on any atom is -0.450 e. The van der Waals surface area contributed by atoms with Crippen LogP contribution < -0.4 is 16.1 Å². The lowest BCUT2D eigenvalue weighted by molar-refractivity contribution is -0.119. The zero-order valence-electron chi connectivity index (χ0n) is 17.3. The first-order valence-electron chi connectivity index (χ1n) is 10.4. The van der Waals surface area contributed by atoms with Crippen molar-refractivity contribution in [3.8, 4) is 0 Å². The van der Waals surface area contributed by atoms with Gasteiger partial charge < -0.3 is 19.8 Å². The summed E-state index contributed by atoms with van der Waals surface area (Å²) in [5.74, 6) is -2.11. The summed E-state index contributed by atoms with van der Waals surface area (Å²) in [6.45, 7) is -0.603. The molecule has 2 aromatic carbocycles. The maximum atomic E-state index is 12.6. The van der Waals surface area contributed by atoms with E-state index in [1.807, 2.05) is 0 Å². The van der Waals surface area contributed by atoms with Gasteiger partial charge in [0.2, 0.25) is 5.76 Å². The molecule has 0 radical (unpaired) electrons. The van der Waals surface area contributed by atoms with Crippen molar-refractivity contribution in [3.63, 3.8) is 0 Å². The summed E-state index contributed by atoms with van der Waals surface area (Å²) in [5, 5.41) is 5.92. The van der Waals surface area contributed by atoms with Crippen molar-refractivity contribution in [3.05, 3.63) is 76.1 Å². The molecule has 0 aliphatic heterocycles. The Labute approximate surface area is 183 Å². The Kier molecular flexibility index (Phi) is 6.30. The third kappa shape index (κ3) is 4.85. The number of rotatable bonds is 6. The van der Waals surface area contributed by atoms with Gasteiger partial charge in [-0.15, -0.1) is 0 Å². The number of anilines is 1. The number of para-hydroxylation sites is 2. The lowest BCUT2D eigenvalue weighted by Crippen LogP contribution is -2.33. The first-order chi connectivity index (χ1) is 15.5. The monoisotopic (exact) mass is 434 g/mol. The molecule has 3 aromatic rings. The first-order valence-corrected chi connectivity index (χ1v) is 10.4. The number of amides is 2.